The van der Waals surface area contributed by atoms with E-state index in [4.69, 9.17) is 4.74 Å². The van der Waals surface area contributed by atoms with Crippen LogP contribution in [0.15, 0.2) is 11.1 Å². The molecule has 0 saturated carbocycles. The van der Waals surface area contributed by atoms with Crippen LogP contribution in [0.2, 0.25) is 0 Å². The van der Waals surface area contributed by atoms with Crippen molar-refractivity contribution in [3.05, 3.63) is 11.1 Å². The first kappa shape index (κ1) is 7.04. The molecular formula is C9H12O2. The van der Waals surface area contributed by atoms with Gasteiger partial charge in [0.05, 0.1) is 19.1 Å². The maximum atomic E-state index is 11.5. The number of ketones is 1. The quantitative estimate of drug-likeness (QED) is 0.520. The fourth-order valence-corrected chi connectivity index (χ4v) is 1.99. The van der Waals surface area contributed by atoms with Gasteiger partial charge >= 0.3 is 0 Å². The monoisotopic (exact) mass is 152 g/mol. The van der Waals surface area contributed by atoms with Crippen LogP contribution in [-0.2, 0) is 9.53 Å². The predicted octanol–water partition coefficient (Wildman–Crippen LogP) is 1.17. The molecule has 0 aromatic heterocycles. The van der Waals surface area contributed by atoms with E-state index in [9.17, 15) is 4.79 Å². The van der Waals surface area contributed by atoms with Crippen LogP contribution in [0, 0.1) is 11.8 Å². The molecule has 0 bridgehead atoms. The van der Waals surface area contributed by atoms with Crippen LogP contribution in [0.4, 0.5) is 0 Å². The van der Waals surface area contributed by atoms with E-state index in [0.717, 1.165) is 12.2 Å². The summed E-state index contributed by atoms with van der Waals surface area (Å²) in [4.78, 5) is 11.5. The highest BCUT2D eigenvalue weighted by atomic mass is 16.5. The minimum absolute atomic E-state index is 0.162. The number of carbonyl (C=O) groups excluding carboxylic acids is 1. The van der Waals surface area contributed by atoms with Crippen molar-refractivity contribution >= 4 is 5.78 Å². The molecule has 1 fully saturated rings. The van der Waals surface area contributed by atoms with Crippen molar-refractivity contribution < 1.29 is 9.53 Å². The van der Waals surface area contributed by atoms with Gasteiger partial charge in [-0.2, -0.15) is 0 Å². The van der Waals surface area contributed by atoms with Crippen molar-refractivity contribution in [2.24, 2.45) is 11.8 Å². The molecule has 60 valence electrons. The second-order valence-electron chi connectivity index (χ2n) is 3.42. The summed E-state index contributed by atoms with van der Waals surface area (Å²) in [6, 6.07) is 0. The first-order chi connectivity index (χ1) is 5.22. The molecule has 1 saturated heterocycles. The summed E-state index contributed by atoms with van der Waals surface area (Å²) >= 11 is 0. The average Bonchev–Trinajstić information content (AvgIpc) is 2.53. The Labute approximate surface area is 66.2 Å². The van der Waals surface area contributed by atoms with Crippen LogP contribution in [0.25, 0.3) is 0 Å². The van der Waals surface area contributed by atoms with Gasteiger partial charge < -0.3 is 4.74 Å². The number of fused-ring (bicyclic) bond motifs is 1. The lowest BCUT2D eigenvalue weighted by Gasteiger charge is -2.04. The second-order valence-corrected chi connectivity index (χ2v) is 3.42. The van der Waals surface area contributed by atoms with E-state index in [0.29, 0.717) is 18.3 Å². The fraction of sp³-hybridized carbons (Fsp3) is 0.667. The number of carbonyl (C=O) groups is 1. The molecular weight excluding hydrogens is 140 g/mol. The van der Waals surface area contributed by atoms with E-state index in [-0.39, 0.29) is 5.92 Å². The molecule has 0 N–H and O–H groups in total. The van der Waals surface area contributed by atoms with E-state index < -0.39 is 0 Å². The molecule has 0 unspecified atom stereocenters. The lowest BCUT2D eigenvalue weighted by molar-refractivity contribution is -0.118. The van der Waals surface area contributed by atoms with Crippen molar-refractivity contribution in [2.75, 3.05) is 13.2 Å². The lowest BCUT2D eigenvalue weighted by atomic mass is 9.95. The number of hydrogen-bond donors (Lipinski definition) is 0. The average molecular weight is 152 g/mol. The Morgan fingerprint density at radius 2 is 1.91 bits per heavy atom. The highest BCUT2D eigenvalue weighted by Crippen LogP contribution is 2.37. The second kappa shape index (κ2) is 2.18. The molecule has 0 spiro atoms. The summed E-state index contributed by atoms with van der Waals surface area (Å²) in [5, 5.41) is 0. The van der Waals surface area contributed by atoms with Gasteiger partial charge in [-0.05, 0) is 19.4 Å². The molecule has 0 radical (unpaired) electrons. The van der Waals surface area contributed by atoms with Crippen LogP contribution < -0.4 is 0 Å². The maximum Gasteiger partial charge on any atom is 0.164 e. The standard InChI is InChI=1S/C9H12O2/c1-5-6(2)9(10)8-4-11-3-7(5)8/h7-8H,3-4H2,1-2H3/t7-,8-/m0/s1. The summed E-state index contributed by atoms with van der Waals surface area (Å²) in [7, 11) is 0. The third-order valence-electron chi connectivity index (χ3n) is 2.93. The summed E-state index contributed by atoms with van der Waals surface area (Å²) in [5.74, 6) is 0.877. The molecule has 11 heavy (non-hydrogen) atoms. The smallest absolute Gasteiger partial charge is 0.164 e. The molecule has 0 aromatic carbocycles. The van der Waals surface area contributed by atoms with E-state index in [1.54, 1.807) is 0 Å². The number of Topliss-reactive ketones (excluding diaryl/α,β-unsaturated/α-hetero) is 1. The SMILES string of the molecule is CC1=C(C)[C@@H]2COC[C@@H]2C1=O. The van der Waals surface area contributed by atoms with Gasteiger partial charge in [0.15, 0.2) is 5.78 Å². The van der Waals surface area contributed by atoms with Gasteiger partial charge in [-0.1, -0.05) is 5.57 Å². The molecule has 2 rings (SSSR count). The highest BCUT2D eigenvalue weighted by molar-refractivity contribution is 6.00. The largest absolute Gasteiger partial charge is 0.380 e. The molecule has 1 aliphatic heterocycles. The summed E-state index contributed by atoms with van der Waals surface area (Å²) in [6.07, 6.45) is 0. The zero-order chi connectivity index (χ0) is 8.01. The molecule has 2 nitrogen and oxygen atoms in total. The summed E-state index contributed by atoms with van der Waals surface area (Å²) in [5.41, 5.74) is 2.22. The highest BCUT2D eigenvalue weighted by Gasteiger charge is 2.41. The third kappa shape index (κ3) is 0.791. The topological polar surface area (TPSA) is 26.3 Å². The van der Waals surface area contributed by atoms with Crippen molar-refractivity contribution in [2.45, 2.75) is 13.8 Å². The molecule has 0 amide bonds. The van der Waals surface area contributed by atoms with E-state index in [1.165, 1.54) is 5.57 Å². The van der Waals surface area contributed by atoms with Crippen molar-refractivity contribution in [3.8, 4) is 0 Å². The minimum atomic E-state index is 0.162. The van der Waals surface area contributed by atoms with Gasteiger partial charge in [-0.3, -0.25) is 4.79 Å². The summed E-state index contributed by atoms with van der Waals surface area (Å²) < 4.78 is 5.25. The Morgan fingerprint density at radius 1 is 1.27 bits per heavy atom. The van der Waals surface area contributed by atoms with E-state index >= 15 is 0 Å². The van der Waals surface area contributed by atoms with Crippen molar-refractivity contribution in [1.82, 2.24) is 0 Å². The van der Waals surface area contributed by atoms with Crippen LogP contribution in [0.1, 0.15) is 13.8 Å². The van der Waals surface area contributed by atoms with Crippen molar-refractivity contribution in [3.63, 3.8) is 0 Å². The number of hydrogen-bond acceptors (Lipinski definition) is 2. The third-order valence-corrected chi connectivity index (χ3v) is 2.93. The van der Waals surface area contributed by atoms with Gasteiger partial charge in [0.2, 0.25) is 0 Å². The van der Waals surface area contributed by atoms with Crippen LogP contribution >= 0.6 is 0 Å². The first-order valence-electron chi connectivity index (χ1n) is 4.01. The van der Waals surface area contributed by atoms with Gasteiger partial charge in [-0.15, -0.1) is 0 Å². The Bertz CT molecular complexity index is 240. The van der Waals surface area contributed by atoms with Crippen LogP contribution in [0.5, 0.6) is 0 Å². The molecule has 0 aromatic rings. The van der Waals surface area contributed by atoms with Crippen LogP contribution in [-0.4, -0.2) is 19.0 Å². The molecule has 1 aliphatic carbocycles. The Hall–Kier alpha value is -0.630. The zero-order valence-electron chi connectivity index (χ0n) is 6.89. The van der Waals surface area contributed by atoms with E-state index in [2.05, 4.69) is 0 Å². The van der Waals surface area contributed by atoms with Gasteiger partial charge in [0.25, 0.3) is 0 Å². The number of ether oxygens (including phenoxy) is 1. The fourth-order valence-electron chi connectivity index (χ4n) is 1.99. The maximum absolute atomic E-state index is 11.5. The Morgan fingerprint density at radius 3 is 2.55 bits per heavy atom. The predicted molar refractivity (Wildman–Crippen MR) is 41.2 cm³/mol. The Balaban J connectivity index is 2.37. The number of rotatable bonds is 0. The minimum Gasteiger partial charge on any atom is -0.380 e. The molecule has 1 heterocycles. The first-order valence-corrected chi connectivity index (χ1v) is 4.01. The molecule has 2 aliphatic rings. The normalized spacial score (nSPS) is 36.7. The van der Waals surface area contributed by atoms with Gasteiger partial charge in [-0.25, -0.2) is 0 Å². The molecule has 2 heteroatoms. The van der Waals surface area contributed by atoms with Crippen molar-refractivity contribution in [1.29, 1.82) is 0 Å². The van der Waals surface area contributed by atoms with Gasteiger partial charge in [0, 0.05) is 5.92 Å². The molecule has 2 atom stereocenters. The van der Waals surface area contributed by atoms with E-state index in [1.807, 2.05) is 13.8 Å². The van der Waals surface area contributed by atoms with Gasteiger partial charge in [0.1, 0.15) is 0 Å². The Kier molecular flexibility index (Phi) is 1.39. The zero-order valence-corrected chi connectivity index (χ0v) is 6.89. The lowest BCUT2D eigenvalue weighted by Crippen LogP contribution is -2.15. The number of allylic oxidation sites excluding steroid dienone is 1. The summed E-state index contributed by atoms with van der Waals surface area (Å²) in [6.45, 7) is 5.36. The van der Waals surface area contributed by atoms with Crippen LogP contribution in [0.3, 0.4) is 0 Å².